The fraction of sp³-hybridized carbons (Fsp3) is 0.118. The maximum atomic E-state index is 11.4. The van der Waals surface area contributed by atoms with Gasteiger partial charge in [-0.1, -0.05) is 12.1 Å². The van der Waals surface area contributed by atoms with E-state index in [4.69, 9.17) is 10.00 Å². The first-order valence-corrected chi connectivity index (χ1v) is 6.36. The van der Waals surface area contributed by atoms with Gasteiger partial charge < -0.3 is 4.74 Å². The topological polar surface area (TPSA) is 67.2 Å². The fourth-order valence-corrected chi connectivity index (χ4v) is 1.91. The lowest BCUT2D eigenvalue weighted by atomic mass is 10.0. The van der Waals surface area contributed by atoms with Gasteiger partial charge in [-0.3, -0.25) is 9.59 Å². The quantitative estimate of drug-likeness (QED) is 0.623. The van der Waals surface area contributed by atoms with Crippen molar-refractivity contribution in [2.45, 2.75) is 13.5 Å². The zero-order valence-electron chi connectivity index (χ0n) is 11.5. The normalized spacial score (nSPS) is 9.71. The van der Waals surface area contributed by atoms with Crippen LogP contribution in [0.2, 0.25) is 0 Å². The van der Waals surface area contributed by atoms with Crippen molar-refractivity contribution < 1.29 is 14.3 Å². The average Bonchev–Trinajstić information content (AvgIpc) is 2.52. The molecule has 0 bridgehead atoms. The number of ketones is 1. The second-order valence-corrected chi connectivity index (χ2v) is 4.53. The van der Waals surface area contributed by atoms with Crippen LogP contribution < -0.4 is 4.74 Å². The molecule has 2 rings (SSSR count). The molecule has 4 heteroatoms. The number of benzene rings is 2. The highest BCUT2D eigenvalue weighted by Gasteiger charge is 2.07. The van der Waals surface area contributed by atoms with Crippen LogP contribution in [-0.4, -0.2) is 12.1 Å². The lowest BCUT2D eigenvalue weighted by Gasteiger charge is -2.09. The Kier molecular flexibility index (Phi) is 4.47. The maximum absolute atomic E-state index is 11.4. The molecule has 0 amide bonds. The van der Waals surface area contributed by atoms with Gasteiger partial charge in [-0.05, 0) is 42.8 Å². The number of rotatable bonds is 5. The Labute approximate surface area is 122 Å². The Hall–Kier alpha value is -2.93. The van der Waals surface area contributed by atoms with Crippen LogP contribution >= 0.6 is 0 Å². The summed E-state index contributed by atoms with van der Waals surface area (Å²) in [6.45, 7) is 1.63. The number of carbonyl (C=O) groups is 2. The van der Waals surface area contributed by atoms with Gasteiger partial charge in [-0.25, -0.2) is 0 Å². The minimum absolute atomic E-state index is 0.110. The van der Waals surface area contributed by atoms with Crippen LogP contribution in [0.4, 0.5) is 0 Å². The minimum atomic E-state index is -0.110. The van der Waals surface area contributed by atoms with Crippen molar-refractivity contribution in [3.8, 4) is 11.8 Å². The van der Waals surface area contributed by atoms with E-state index in [0.29, 0.717) is 28.0 Å². The monoisotopic (exact) mass is 279 g/mol. The van der Waals surface area contributed by atoms with Crippen molar-refractivity contribution in [1.29, 1.82) is 5.26 Å². The van der Waals surface area contributed by atoms with Gasteiger partial charge in [0.05, 0.1) is 17.2 Å². The van der Waals surface area contributed by atoms with E-state index < -0.39 is 0 Å². The summed E-state index contributed by atoms with van der Waals surface area (Å²) in [6.07, 6.45) is 0.724. The molecular formula is C17H13NO3. The third-order valence-electron chi connectivity index (χ3n) is 2.97. The summed E-state index contributed by atoms with van der Waals surface area (Å²) in [5, 5.41) is 8.99. The second kappa shape index (κ2) is 6.49. The summed E-state index contributed by atoms with van der Waals surface area (Å²) in [4.78, 5) is 22.4. The van der Waals surface area contributed by atoms with Crippen molar-refractivity contribution in [3.63, 3.8) is 0 Å². The highest BCUT2D eigenvalue weighted by molar-refractivity contribution is 5.94. The summed E-state index contributed by atoms with van der Waals surface area (Å²) < 4.78 is 5.60. The summed E-state index contributed by atoms with van der Waals surface area (Å²) in [6, 6.07) is 13.8. The van der Waals surface area contributed by atoms with Crippen LogP contribution in [0.5, 0.6) is 5.75 Å². The second-order valence-electron chi connectivity index (χ2n) is 4.53. The van der Waals surface area contributed by atoms with Crippen LogP contribution in [0.25, 0.3) is 0 Å². The van der Waals surface area contributed by atoms with Crippen molar-refractivity contribution in [3.05, 3.63) is 64.7 Å². The van der Waals surface area contributed by atoms with Gasteiger partial charge >= 0.3 is 0 Å². The lowest BCUT2D eigenvalue weighted by Crippen LogP contribution is -2.01. The molecule has 0 aliphatic carbocycles. The number of ether oxygens (including phenoxy) is 1. The van der Waals surface area contributed by atoms with Gasteiger partial charge in [0.2, 0.25) is 0 Å². The Morgan fingerprint density at radius 3 is 2.71 bits per heavy atom. The summed E-state index contributed by atoms with van der Waals surface area (Å²) in [5.41, 5.74) is 2.04. The number of para-hydroxylation sites is 1. The van der Waals surface area contributed by atoms with Crippen molar-refractivity contribution in [2.75, 3.05) is 0 Å². The number of nitrogens with zero attached hydrogens (tertiary/aromatic N) is 1. The number of hydrogen-bond acceptors (Lipinski definition) is 4. The molecule has 104 valence electrons. The molecule has 0 N–H and O–H groups in total. The molecule has 21 heavy (non-hydrogen) atoms. The molecular weight excluding hydrogens is 266 g/mol. The molecule has 2 aromatic rings. The molecule has 0 atom stereocenters. The summed E-state index contributed by atoms with van der Waals surface area (Å²) >= 11 is 0. The third-order valence-corrected chi connectivity index (χ3v) is 2.97. The third kappa shape index (κ3) is 3.54. The Balaban J connectivity index is 2.24. The zero-order chi connectivity index (χ0) is 15.2. The van der Waals surface area contributed by atoms with E-state index in [-0.39, 0.29) is 12.4 Å². The number of Topliss-reactive ketones (excluding diaryl/α,β-unsaturated/α-hetero) is 1. The molecule has 0 saturated carbocycles. The van der Waals surface area contributed by atoms with Crippen molar-refractivity contribution >= 4 is 12.1 Å². The Morgan fingerprint density at radius 1 is 1.29 bits per heavy atom. The first-order valence-electron chi connectivity index (χ1n) is 6.36. The molecule has 0 heterocycles. The Bertz CT molecular complexity index is 729. The largest absolute Gasteiger partial charge is 0.488 e. The number of carbonyl (C=O) groups excluding carboxylic acids is 2. The number of nitriles is 1. The maximum Gasteiger partial charge on any atom is 0.159 e. The van der Waals surface area contributed by atoms with Crippen molar-refractivity contribution in [1.82, 2.24) is 0 Å². The van der Waals surface area contributed by atoms with Crippen LogP contribution in [0, 0.1) is 11.3 Å². The molecule has 0 aliphatic heterocycles. The molecule has 0 aliphatic rings. The molecule has 0 saturated heterocycles. The van der Waals surface area contributed by atoms with Gasteiger partial charge in [0.15, 0.2) is 12.1 Å². The molecule has 0 unspecified atom stereocenters. The standard InChI is InChI=1S/C17H13NO3/c1-12(20)16-7-13(9-18)6-14(8-16)11-21-17-5-3-2-4-15(17)10-19/h2-8,10H,11H2,1H3. The van der Waals surface area contributed by atoms with E-state index >= 15 is 0 Å². The van der Waals surface area contributed by atoms with Crippen LogP contribution in [0.3, 0.4) is 0 Å². The van der Waals surface area contributed by atoms with Gasteiger partial charge in [0, 0.05) is 5.56 Å². The van der Waals surface area contributed by atoms with E-state index in [1.165, 1.54) is 6.92 Å². The molecule has 0 radical (unpaired) electrons. The van der Waals surface area contributed by atoms with Crippen LogP contribution in [0.15, 0.2) is 42.5 Å². The Morgan fingerprint density at radius 2 is 2.05 bits per heavy atom. The van der Waals surface area contributed by atoms with E-state index in [2.05, 4.69) is 0 Å². The van der Waals surface area contributed by atoms with Crippen LogP contribution in [-0.2, 0) is 6.61 Å². The van der Waals surface area contributed by atoms with E-state index in [9.17, 15) is 9.59 Å². The van der Waals surface area contributed by atoms with Gasteiger partial charge in [0.25, 0.3) is 0 Å². The predicted octanol–water partition coefficient (Wildman–Crippen LogP) is 3.15. The van der Waals surface area contributed by atoms with Crippen molar-refractivity contribution in [2.24, 2.45) is 0 Å². The average molecular weight is 279 g/mol. The minimum Gasteiger partial charge on any atom is -0.488 e. The fourth-order valence-electron chi connectivity index (χ4n) is 1.91. The first-order chi connectivity index (χ1) is 10.1. The zero-order valence-corrected chi connectivity index (χ0v) is 11.5. The van der Waals surface area contributed by atoms with Gasteiger partial charge in [-0.15, -0.1) is 0 Å². The first kappa shape index (κ1) is 14.5. The molecule has 0 aromatic heterocycles. The molecule has 0 fully saturated rings. The van der Waals surface area contributed by atoms with Gasteiger partial charge in [0.1, 0.15) is 12.4 Å². The summed E-state index contributed by atoms with van der Waals surface area (Å²) in [5.74, 6) is 0.362. The highest BCUT2D eigenvalue weighted by Crippen LogP contribution is 2.18. The smallest absolute Gasteiger partial charge is 0.159 e. The highest BCUT2D eigenvalue weighted by atomic mass is 16.5. The lowest BCUT2D eigenvalue weighted by molar-refractivity contribution is 0.101. The summed E-state index contributed by atoms with van der Waals surface area (Å²) in [7, 11) is 0. The SMILES string of the molecule is CC(=O)c1cc(C#N)cc(COc2ccccc2C=O)c1. The van der Waals surface area contributed by atoms with E-state index in [1.54, 1.807) is 42.5 Å². The number of hydrogen-bond donors (Lipinski definition) is 0. The van der Waals surface area contributed by atoms with Gasteiger partial charge in [-0.2, -0.15) is 5.26 Å². The van der Waals surface area contributed by atoms with E-state index in [1.807, 2.05) is 6.07 Å². The molecule has 0 spiro atoms. The molecule has 2 aromatic carbocycles. The van der Waals surface area contributed by atoms with E-state index in [0.717, 1.165) is 6.29 Å². The van der Waals surface area contributed by atoms with Crippen LogP contribution in [0.1, 0.15) is 38.8 Å². The molecule has 4 nitrogen and oxygen atoms in total. The number of aldehydes is 1. The predicted molar refractivity (Wildman–Crippen MR) is 77.3 cm³/mol.